The average molecular weight is 566 g/mol. The lowest BCUT2D eigenvalue weighted by atomic mass is 10.2. The minimum absolute atomic E-state index is 0.126. The van der Waals surface area contributed by atoms with Crippen LogP contribution in [0.25, 0.3) is 0 Å². The number of hydrogen-bond acceptors (Lipinski definition) is 10. The van der Waals surface area contributed by atoms with Crippen molar-refractivity contribution >= 4 is 17.9 Å². The third-order valence-corrected chi connectivity index (χ3v) is 5.78. The zero-order chi connectivity index (χ0) is 29.0. The van der Waals surface area contributed by atoms with Gasteiger partial charge in [0.05, 0.1) is 19.3 Å². The molecular weight excluding hydrogens is 539 g/mol. The van der Waals surface area contributed by atoms with Gasteiger partial charge in [-0.3, -0.25) is 18.7 Å². The summed E-state index contributed by atoms with van der Waals surface area (Å²) >= 11 is 0. The van der Waals surface area contributed by atoms with Gasteiger partial charge in [0.2, 0.25) is 11.7 Å². The first kappa shape index (κ1) is 30.1. The molecule has 12 nitrogen and oxygen atoms in total. The van der Waals surface area contributed by atoms with Crippen LogP contribution in [0.4, 0.5) is 33.6 Å². The topological polar surface area (TPSA) is 142 Å². The fraction of sp³-hybridized carbons (Fsp3) is 0.636. The smallest absolute Gasteiger partial charge is 0.461 e. The second-order valence-electron chi connectivity index (χ2n) is 8.88. The molecule has 2 aromatic heterocycles. The molecule has 0 saturated heterocycles. The number of aromatic hydroxyl groups is 1. The summed E-state index contributed by atoms with van der Waals surface area (Å²) in [5.41, 5.74) is -2.10. The Balaban J connectivity index is 2.18. The standard InChI is InChI=1S/C22H27F5N6O6/c1-12(2)39-16-14(10-34)17(35)32(8-9-38-11-37-3)18(36)15(16)28-30-20-31-29-19(21(23,24)22(25,26)27)33(20)13-6-4-5-7-13/h10,12-13,35H,4-9,11H2,1-3H3. The second-order valence-corrected chi connectivity index (χ2v) is 8.88. The lowest BCUT2D eigenvalue weighted by Gasteiger charge is -2.22. The molecule has 2 heterocycles. The molecule has 0 unspecified atom stereocenters. The summed E-state index contributed by atoms with van der Waals surface area (Å²) in [6.07, 6.45) is -4.69. The van der Waals surface area contributed by atoms with E-state index < -0.39 is 64.5 Å². The van der Waals surface area contributed by atoms with Crippen molar-refractivity contribution < 1.29 is 46.1 Å². The highest BCUT2D eigenvalue weighted by atomic mass is 19.4. The number of aromatic nitrogens is 4. The maximum Gasteiger partial charge on any atom is 0.461 e. The number of alkyl halides is 5. The molecule has 3 rings (SSSR count). The maximum absolute atomic E-state index is 14.3. The van der Waals surface area contributed by atoms with Gasteiger partial charge < -0.3 is 19.3 Å². The molecule has 1 saturated carbocycles. The Hall–Kier alpha value is -3.47. The number of ether oxygens (including phenoxy) is 3. The van der Waals surface area contributed by atoms with Crippen LogP contribution in [0.15, 0.2) is 15.0 Å². The molecule has 39 heavy (non-hydrogen) atoms. The van der Waals surface area contributed by atoms with Crippen LogP contribution in [-0.2, 0) is 21.9 Å². The Morgan fingerprint density at radius 3 is 2.38 bits per heavy atom. The largest absolute Gasteiger partial charge is 0.494 e. The van der Waals surface area contributed by atoms with E-state index in [1.807, 2.05) is 0 Å². The molecule has 1 aliphatic carbocycles. The summed E-state index contributed by atoms with van der Waals surface area (Å²) in [6.45, 7) is 2.59. The van der Waals surface area contributed by atoms with Crippen molar-refractivity contribution in [3.05, 3.63) is 21.7 Å². The number of aldehydes is 1. The SMILES string of the molecule is COCOCCn1c(O)c(C=O)c(OC(C)C)c(N=Nc2nnc(C(F)(F)C(F)(F)F)n2C2CCCC2)c1=O. The monoisotopic (exact) mass is 566 g/mol. The summed E-state index contributed by atoms with van der Waals surface area (Å²) in [5, 5.41) is 24.5. The fourth-order valence-corrected chi connectivity index (χ4v) is 4.04. The van der Waals surface area contributed by atoms with E-state index in [1.165, 1.54) is 7.11 Å². The van der Waals surface area contributed by atoms with Crippen molar-refractivity contribution in [3.8, 4) is 11.6 Å². The van der Waals surface area contributed by atoms with Gasteiger partial charge in [0.25, 0.3) is 11.5 Å². The molecule has 0 amide bonds. The first-order valence-electron chi connectivity index (χ1n) is 11.8. The van der Waals surface area contributed by atoms with Crippen molar-refractivity contribution in [2.45, 2.75) is 70.3 Å². The van der Waals surface area contributed by atoms with E-state index in [0.717, 1.165) is 4.57 Å². The van der Waals surface area contributed by atoms with Crippen LogP contribution in [0.3, 0.4) is 0 Å². The predicted molar refractivity (Wildman–Crippen MR) is 123 cm³/mol. The number of halogens is 5. The number of rotatable bonds is 12. The summed E-state index contributed by atoms with van der Waals surface area (Å²) in [6, 6.07) is -0.816. The number of pyridine rings is 1. The quantitative estimate of drug-likeness (QED) is 0.130. The highest BCUT2D eigenvalue weighted by Gasteiger charge is 2.62. The summed E-state index contributed by atoms with van der Waals surface area (Å²) < 4.78 is 84.8. The zero-order valence-electron chi connectivity index (χ0n) is 21.2. The highest BCUT2D eigenvalue weighted by molar-refractivity contribution is 5.85. The summed E-state index contributed by atoms with van der Waals surface area (Å²) in [7, 11) is 1.37. The van der Waals surface area contributed by atoms with Crippen molar-refractivity contribution in [1.29, 1.82) is 0 Å². The first-order valence-corrected chi connectivity index (χ1v) is 11.8. The van der Waals surface area contributed by atoms with Gasteiger partial charge in [-0.1, -0.05) is 12.8 Å². The lowest BCUT2D eigenvalue weighted by Crippen LogP contribution is -2.37. The van der Waals surface area contributed by atoms with E-state index >= 15 is 0 Å². The lowest BCUT2D eigenvalue weighted by molar-refractivity contribution is -0.293. The Kier molecular flexibility index (Phi) is 9.37. The molecule has 0 aliphatic heterocycles. The van der Waals surface area contributed by atoms with Crippen LogP contribution in [-0.4, -0.2) is 63.5 Å². The van der Waals surface area contributed by atoms with Gasteiger partial charge in [0.1, 0.15) is 12.4 Å². The Morgan fingerprint density at radius 2 is 1.82 bits per heavy atom. The third-order valence-electron chi connectivity index (χ3n) is 5.78. The van der Waals surface area contributed by atoms with E-state index in [9.17, 15) is 36.6 Å². The van der Waals surface area contributed by atoms with Crippen molar-refractivity contribution in [1.82, 2.24) is 19.3 Å². The van der Waals surface area contributed by atoms with Crippen molar-refractivity contribution in [3.63, 3.8) is 0 Å². The number of methoxy groups -OCH3 is 1. The van der Waals surface area contributed by atoms with Gasteiger partial charge in [0, 0.05) is 13.2 Å². The van der Waals surface area contributed by atoms with E-state index in [0.29, 0.717) is 17.4 Å². The van der Waals surface area contributed by atoms with Gasteiger partial charge >= 0.3 is 12.1 Å². The van der Waals surface area contributed by atoms with Gasteiger partial charge in [-0.25, -0.2) is 0 Å². The molecule has 1 N–H and O–H groups in total. The number of hydrogen-bond donors (Lipinski definition) is 1. The normalized spacial score (nSPS) is 15.1. The summed E-state index contributed by atoms with van der Waals surface area (Å²) in [4.78, 5) is 25.1. The summed E-state index contributed by atoms with van der Waals surface area (Å²) in [5.74, 6) is -8.91. The zero-order valence-corrected chi connectivity index (χ0v) is 21.2. The fourth-order valence-electron chi connectivity index (χ4n) is 4.04. The Bertz CT molecular complexity index is 1250. The van der Waals surface area contributed by atoms with Crippen LogP contribution in [0, 0.1) is 0 Å². The number of azo groups is 1. The highest BCUT2D eigenvalue weighted by Crippen LogP contribution is 2.46. The van der Waals surface area contributed by atoms with Gasteiger partial charge in [-0.05, 0) is 26.7 Å². The van der Waals surface area contributed by atoms with E-state index in [-0.39, 0.29) is 39.1 Å². The van der Waals surface area contributed by atoms with Crippen LogP contribution in [0.2, 0.25) is 0 Å². The molecule has 0 radical (unpaired) electrons. The predicted octanol–water partition coefficient (Wildman–Crippen LogP) is 4.55. The molecule has 1 aliphatic rings. The van der Waals surface area contributed by atoms with Gasteiger partial charge in [-0.15, -0.1) is 20.4 Å². The Labute approximate surface area is 218 Å². The van der Waals surface area contributed by atoms with Crippen LogP contribution in [0.1, 0.15) is 61.8 Å². The van der Waals surface area contributed by atoms with E-state index in [1.54, 1.807) is 13.8 Å². The third kappa shape index (κ3) is 6.24. The number of carbonyl (C=O) groups is 1. The molecule has 2 aromatic rings. The molecular formula is C22H27F5N6O6. The van der Waals surface area contributed by atoms with Crippen LogP contribution >= 0.6 is 0 Å². The maximum atomic E-state index is 14.3. The number of carbonyl (C=O) groups excluding carboxylic acids is 1. The minimum atomic E-state index is -5.95. The second kappa shape index (κ2) is 12.1. The Morgan fingerprint density at radius 1 is 1.15 bits per heavy atom. The van der Waals surface area contributed by atoms with Crippen LogP contribution in [0.5, 0.6) is 11.6 Å². The van der Waals surface area contributed by atoms with E-state index in [2.05, 4.69) is 20.4 Å². The molecule has 0 atom stereocenters. The molecule has 1 fully saturated rings. The number of nitrogens with zero attached hydrogens (tertiary/aromatic N) is 6. The van der Waals surface area contributed by atoms with E-state index in [4.69, 9.17) is 14.2 Å². The molecule has 216 valence electrons. The molecule has 0 bridgehead atoms. The van der Waals surface area contributed by atoms with Crippen molar-refractivity contribution in [2.24, 2.45) is 10.2 Å². The molecule has 0 aromatic carbocycles. The average Bonchev–Trinajstić information content (AvgIpc) is 3.52. The van der Waals surface area contributed by atoms with Crippen molar-refractivity contribution in [2.75, 3.05) is 20.5 Å². The van der Waals surface area contributed by atoms with Gasteiger partial charge in [0.15, 0.2) is 17.7 Å². The molecule has 0 spiro atoms. The van der Waals surface area contributed by atoms with Crippen LogP contribution < -0.4 is 10.3 Å². The minimum Gasteiger partial charge on any atom is -0.494 e. The molecule has 17 heteroatoms. The first-order chi connectivity index (χ1) is 18.3. The van der Waals surface area contributed by atoms with Gasteiger partial charge in [-0.2, -0.15) is 22.0 Å².